The Labute approximate surface area is 127 Å². The van der Waals surface area contributed by atoms with Crippen molar-refractivity contribution in [2.45, 2.75) is 18.8 Å². The zero-order chi connectivity index (χ0) is 15.6. The Morgan fingerprint density at radius 2 is 2.00 bits per heavy atom. The summed E-state index contributed by atoms with van der Waals surface area (Å²) in [6.45, 7) is 2.64. The summed E-state index contributed by atoms with van der Waals surface area (Å²) in [5.74, 6) is -1.72. The van der Waals surface area contributed by atoms with Crippen LogP contribution < -0.4 is 5.73 Å². The molecule has 1 aromatic rings. The van der Waals surface area contributed by atoms with Gasteiger partial charge in [-0.1, -0.05) is 29.8 Å². The van der Waals surface area contributed by atoms with Gasteiger partial charge in [0.1, 0.15) is 11.3 Å². The summed E-state index contributed by atoms with van der Waals surface area (Å²) in [7, 11) is 0. The van der Waals surface area contributed by atoms with E-state index in [1.807, 2.05) is 31.2 Å². The molecule has 3 aliphatic rings. The third-order valence-electron chi connectivity index (χ3n) is 4.98. The number of hydrogen-bond acceptors (Lipinski definition) is 6. The minimum Gasteiger partial charge on any atom is -0.386 e. The first-order chi connectivity index (χ1) is 10.6. The number of fused-ring (bicyclic) bond motifs is 2. The lowest BCUT2D eigenvalue weighted by Crippen LogP contribution is -2.38. The van der Waals surface area contributed by atoms with Crippen molar-refractivity contribution in [1.82, 2.24) is 0 Å². The Bertz CT molecular complexity index is 784. The fourth-order valence-electron chi connectivity index (χ4n) is 4.07. The van der Waals surface area contributed by atoms with Gasteiger partial charge in [0.05, 0.1) is 25.4 Å². The molecule has 0 bridgehead atoms. The van der Waals surface area contributed by atoms with E-state index in [0.717, 1.165) is 11.1 Å². The highest BCUT2D eigenvalue weighted by Crippen LogP contribution is 2.82. The molecule has 1 saturated carbocycles. The van der Waals surface area contributed by atoms with Crippen molar-refractivity contribution in [3.63, 3.8) is 0 Å². The summed E-state index contributed by atoms with van der Waals surface area (Å²) < 4.78 is 11.3. The molecule has 0 radical (unpaired) electrons. The second-order valence-electron chi connectivity index (χ2n) is 5.96. The first kappa shape index (κ1) is 13.3. The number of ether oxygens (including phenoxy) is 2. The van der Waals surface area contributed by atoms with E-state index in [1.54, 1.807) is 0 Å². The van der Waals surface area contributed by atoms with Crippen LogP contribution >= 0.6 is 0 Å². The Kier molecular flexibility index (Phi) is 2.33. The minimum absolute atomic E-state index is 0.130. The molecule has 1 aromatic carbocycles. The average molecular weight is 294 g/mol. The molecule has 1 saturated heterocycles. The zero-order valence-corrected chi connectivity index (χ0v) is 12.0. The number of hydrogen-bond donors (Lipinski definition) is 1. The number of nitrogens with two attached hydrogens (primary N) is 1. The molecule has 2 aliphatic heterocycles. The Hall–Kier alpha value is -2.41. The zero-order valence-electron chi connectivity index (χ0n) is 12.0. The van der Waals surface area contributed by atoms with Crippen LogP contribution in [0.2, 0.25) is 0 Å². The third-order valence-corrected chi connectivity index (χ3v) is 4.98. The summed E-state index contributed by atoms with van der Waals surface area (Å²) in [4.78, 5) is 4.24. The molecule has 1 aliphatic carbocycles. The number of aliphatic imine (C=N–C) groups is 1. The second kappa shape index (κ2) is 3.86. The SMILES string of the molecule is Cc1cccc([C@@H]2[C@]3(C#N)C(N)=NC4(OCCO4)[C@@]23C#N)c1. The standard InChI is InChI=1S/C16H14N4O2/c1-10-3-2-4-11(7-10)12-14(8-17)13(19)20-16(15(12,14)9-18)21-5-6-22-16/h2-4,7,12H,5-6H2,1H3,(H2,19,20)/t12-,14-,15+/m1/s1. The summed E-state index contributed by atoms with van der Waals surface area (Å²) in [5, 5.41) is 19.7. The van der Waals surface area contributed by atoms with Crippen LogP contribution in [0.25, 0.3) is 0 Å². The van der Waals surface area contributed by atoms with Crippen LogP contribution in [0.3, 0.4) is 0 Å². The number of nitrogens with zero attached hydrogens (tertiary/aromatic N) is 3. The van der Waals surface area contributed by atoms with Gasteiger partial charge >= 0.3 is 0 Å². The van der Waals surface area contributed by atoms with Crippen LogP contribution in [0.1, 0.15) is 17.0 Å². The number of benzene rings is 1. The molecule has 0 aromatic heterocycles. The van der Waals surface area contributed by atoms with Gasteiger partial charge in [0.25, 0.3) is 5.91 Å². The topological polar surface area (TPSA) is 104 Å². The van der Waals surface area contributed by atoms with E-state index in [-0.39, 0.29) is 5.84 Å². The summed E-state index contributed by atoms with van der Waals surface area (Å²) in [6.07, 6.45) is 0. The van der Waals surface area contributed by atoms with Crippen LogP contribution in [0.5, 0.6) is 0 Å². The van der Waals surface area contributed by atoms with E-state index in [9.17, 15) is 10.5 Å². The first-order valence-electron chi connectivity index (χ1n) is 7.11. The smallest absolute Gasteiger partial charge is 0.293 e. The molecule has 6 nitrogen and oxygen atoms in total. The van der Waals surface area contributed by atoms with Crippen molar-refractivity contribution in [3.05, 3.63) is 35.4 Å². The highest BCUT2D eigenvalue weighted by Gasteiger charge is 2.94. The van der Waals surface area contributed by atoms with Gasteiger partial charge in [-0.15, -0.1) is 0 Å². The normalized spacial score (nSPS) is 37.2. The molecule has 22 heavy (non-hydrogen) atoms. The third kappa shape index (κ3) is 1.13. The summed E-state index contributed by atoms with van der Waals surface area (Å²) in [6, 6.07) is 12.3. The van der Waals surface area contributed by atoms with Gasteiger partial charge < -0.3 is 15.2 Å². The number of nitriles is 2. The van der Waals surface area contributed by atoms with Gasteiger partial charge in [-0.3, -0.25) is 0 Å². The largest absolute Gasteiger partial charge is 0.386 e. The maximum Gasteiger partial charge on any atom is 0.293 e. The predicted molar refractivity (Wildman–Crippen MR) is 76.3 cm³/mol. The molecule has 2 fully saturated rings. The summed E-state index contributed by atoms with van der Waals surface area (Å²) in [5.41, 5.74) is 5.61. The molecule has 0 unspecified atom stereocenters. The van der Waals surface area contributed by atoms with Gasteiger partial charge in [-0.25, -0.2) is 4.99 Å². The molecule has 0 amide bonds. The molecule has 4 rings (SSSR count). The van der Waals surface area contributed by atoms with E-state index < -0.39 is 22.7 Å². The Morgan fingerprint density at radius 1 is 1.27 bits per heavy atom. The van der Waals surface area contributed by atoms with E-state index in [2.05, 4.69) is 17.1 Å². The second-order valence-corrected chi connectivity index (χ2v) is 5.96. The van der Waals surface area contributed by atoms with Crippen LogP contribution in [-0.4, -0.2) is 25.0 Å². The van der Waals surface area contributed by atoms with Crippen molar-refractivity contribution in [2.24, 2.45) is 21.6 Å². The van der Waals surface area contributed by atoms with E-state index in [1.165, 1.54) is 0 Å². The molecule has 6 heteroatoms. The first-order valence-corrected chi connectivity index (χ1v) is 7.11. The van der Waals surface area contributed by atoms with E-state index in [0.29, 0.717) is 13.2 Å². The van der Waals surface area contributed by atoms with Crippen molar-refractivity contribution in [1.29, 1.82) is 10.5 Å². The number of aryl methyl sites for hydroxylation is 1. The Morgan fingerprint density at radius 3 is 2.59 bits per heavy atom. The lowest BCUT2D eigenvalue weighted by Gasteiger charge is -2.25. The van der Waals surface area contributed by atoms with Crippen molar-refractivity contribution in [2.75, 3.05) is 13.2 Å². The fourth-order valence-corrected chi connectivity index (χ4v) is 4.07. The van der Waals surface area contributed by atoms with Gasteiger partial charge in [0, 0.05) is 5.92 Å². The quantitative estimate of drug-likeness (QED) is 0.837. The predicted octanol–water partition coefficient (Wildman–Crippen LogP) is 1.18. The van der Waals surface area contributed by atoms with Crippen molar-refractivity contribution < 1.29 is 9.47 Å². The van der Waals surface area contributed by atoms with Crippen LogP contribution in [-0.2, 0) is 9.47 Å². The van der Waals surface area contributed by atoms with E-state index >= 15 is 0 Å². The molecule has 110 valence electrons. The van der Waals surface area contributed by atoms with Gasteiger partial charge in [-0.05, 0) is 12.5 Å². The van der Waals surface area contributed by atoms with Gasteiger partial charge in [0.15, 0.2) is 5.41 Å². The highest BCUT2D eigenvalue weighted by atomic mass is 16.8. The molecule has 3 atom stereocenters. The lowest BCUT2D eigenvalue weighted by molar-refractivity contribution is -0.184. The molecular weight excluding hydrogens is 280 g/mol. The van der Waals surface area contributed by atoms with Crippen molar-refractivity contribution in [3.8, 4) is 12.1 Å². The van der Waals surface area contributed by atoms with Gasteiger partial charge in [0.2, 0.25) is 0 Å². The molecule has 2 N–H and O–H groups in total. The Balaban J connectivity index is 1.94. The fraction of sp³-hybridized carbons (Fsp3) is 0.438. The van der Waals surface area contributed by atoms with Crippen LogP contribution in [0.15, 0.2) is 29.3 Å². The summed E-state index contributed by atoms with van der Waals surface area (Å²) >= 11 is 0. The van der Waals surface area contributed by atoms with Crippen LogP contribution in [0, 0.1) is 40.4 Å². The van der Waals surface area contributed by atoms with Crippen molar-refractivity contribution >= 4 is 5.84 Å². The average Bonchev–Trinajstić information content (AvgIpc) is 2.77. The lowest BCUT2D eigenvalue weighted by atomic mass is 9.93. The van der Waals surface area contributed by atoms with Crippen LogP contribution in [0.4, 0.5) is 0 Å². The minimum atomic E-state index is -1.45. The number of rotatable bonds is 1. The number of amidine groups is 1. The molecule has 2 heterocycles. The van der Waals surface area contributed by atoms with Gasteiger partial charge in [-0.2, -0.15) is 10.5 Å². The molecule has 1 spiro atoms. The maximum absolute atomic E-state index is 9.92. The maximum atomic E-state index is 9.92. The van der Waals surface area contributed by atoms with E-state index in [4.69, 9.17) is 15.2 Å². The molecular formula is C16H14N4O2. The monoisotopic (exact) mass is 294 g/mol. The highest BCUT2D eigenvalue weighted by molar-refractivity contribution is 6.00.